The average Bonchev–Trinajstić information content (AvgIpc) is 2.90. The predicted octanol–water partition coefficient (Wildman–Crippen LogP) is 1.70. The molecule has 2 N–H and O–H groups in total. The zero-order valence-corrected chi connectivity index (χ0v) is 9.58. The number of nitrogens with one attached hydrogen (secondary N) is 1. The van der Waals surface area contributed by atoms with Crippen LogP contribution in [-0.4, -0.2) is 26.6 Å². The highest BCUT2D eigenvalue weighted by molar-refractivity contribution is 5.22. The number of hydrogen-bond donors (Lipinski definition) is 2. The molecule has 0 radical (unpaired) electrons. The van der Waals surface area contributed by atoms with Gasteiger partial charge in [-0.15, -0.1) is 5.10 Å². The number of hydrogen-bond acceptors (Lipinski definition) is 4. The third-order valence-electron chi connectivity index (χ3n) is 2.50. The number of benzene rings is 1. The summed E-state index contributed by atoms with van der Waals surface area (Å²) in [5, 5.41) is 20.1. The highest BCUT2D eigenvalue weighted by Gasteiger charge is 2.24. The highest BCUT2D eigenvalue weighted by Crippen LogP contribution is 2.24. The molecule has 0 fully saturated rings. The van der Waals surface area contributed by atoms with Gasteiger partial charge < -0.3 is 9.84 Å². The van der Waals surface area contributed by atoms with Crippen molar-refractivity contribution in [3.8, 4) is 5.75 Å². The first kappa shape index (κ1) is 11.6. The van der Waals surface area contributed by atoms with Crippen LogP contribution >= 0.6 is 0 Å². The van der Waals surface area contributed by atoms with Gasteiger partial charge in [-0.1, -0.05) is 30.3 Å². The minimum Gasteiger partial charge on any atom is -0.481 e. The number of rotatable bonds is 5. The van der Waals surface area contributed by atoms with Crippen molar-refractivity contribution in [2.45, 2.75) is 25.6 Å². The first-order valence-corrected chi connectivity index (χ1v) is 5.57. The molecule has 0 saturated carbocycles. The van der Waals surface area contributed by atoms with Crippen LogP contribution in [0.15, 0.2) is 36.5 Å². The van der Waals surface area contributed by atoms with Gasteiger partial charge in [0.25, 0.3) is 0 Å². The minimum atomic E-state index is -0.611. The predicted molar refractivity (Wildman–Crippen MR) is 62.5 cm³/mol. The zero-order valence-electron chi connectivity index (χ0n) is 9.58. The summed E-state index contributed by atoms with van der Waals surface area (Å²) in [6, 6.07) is 9.36. The van der Waals surface area contributed by atoms with Crippen LogP contribution in [0.5, 0.6) is 5.75 Å². The third kappa shape index (κ3) is 2.82. The summed E-state index contributed by atoms with van der Waals surface area (Å²) in [5.74, 6) is 0.702. The molecule has 5 nitrogen and oxygen atoms in total. The molecule has 17 heavy (non-hydrogen) atoms. The van der Waals surface area contributed by atoms with E-state index in [9.17, 15) is 5.11 Å². The second-order valence-electron chi connectivity index (χ2n) is 3.73. The van der Waals surface area contributed by atoms with Crippen LogP contribution in [0.1, 0.15) is 25.1 Å². The van der Waals surface area contributed by atoms with Crippen molar-refractivity contribution < 1.29 is 9.84 Å². The number of H-pyrrole nitrogens is 1. The Hall–Kier alpha value is -1.88. The SMILES string of the molecule is CCC(O)C(Oc1ccccc1)c1c[nH]nn1. The minimum absolute atomic E-state index is 0.499. The summed E-state index contributed by atoms with van der Waals surface area (Å²) in [7, 11) is 0. The van der Waals surface area contributed by atoms with Gasteiger partial charge in [-0.2, -0.15) is 0 Å². The van der Waals surface area contributed by atoms with Crippen molar-refractivity contribution in [3.63, 3.8) is 0 Å². The van der Waals surface area contributed by atoms with E-state index in [2.05, 4.69) is 15.4 Å². The Kier molecular flexibility index (Phi) is 3.72. The van der Waals surface area contributed by atoms with Crippen molar-refractivity contribution in [1.29, 1.82) is 0 Å². The molecule has 2 atom stereocenters. The third-order valence-corrected chi connectivity index (χ3v) is 2.50. The molecule has 5 heteroatoms. The Morgan fingerprint density at radius 1 is 1.35 bits per heavy atom. The van der Waals surface area contributed by atoms with Gasteiger partial charge in [-0.25, -0.2) is 0 Å². The normalized spacial score (nSPS) is 14.2. The molecular weight excluding hydrogens is 218 g/mol. The summed E-state index contributed by atoms with van der Waals surface area (Å²) in [6.07, 6.45) is 1.11. The van der Waals surface area contributed by atoms with E-state index in [4.69, 9.17) is 4.74 Å². The van der Waals surface area contributed by atoms with Crippen molar-refractivity contribution >= 4 is 0 Å². The van der Waals surface area contributed by atoms with Crippen LogP contribution in [-0.2, 0) is 0 Å². The van der Waals surface area contributed by atoms with Crippen LogP contribution in [0, 0.1) is 0 Å². The molecule has 2 aromatic rings. The van der Waals surface area contributed by atoms with E-state index >= 15 is 0 Å². The molecule has 0 saturated heterocycles. The zero-order chi connectivity index (χ0) is 12.1. The van der Waals surface area contributed by atoms with E-state index in [1.807, 2.05) is 37.3 Å². The van der Waals surface area contributed by atoms with Crippen molar-refractivity contribution in [3.05, 3.63) is 42.2 Å². The molecule has 0 spiro atoms. The lowest BCUT2D eigenvalue weighted by molar-refractivity contribution is 0.0306. The van der Waals surface area contributed by atoms with Gasteiger partial charge in [0.2, 0.25) is 0 Å². The Bertz CT molecular complexity index is 430. The van der Waals surface area contributed by atoms with Gasteiger partial charge in [-0.3, -0.25) is 5.10 Å². The van der Waals surface area contributed by atoms with Crippen LogP contribution in [0.25, 0.3) is 0 Å². The first-order chi connectivity index (χ1) is 8.31. The van der Waals surface area contributed by atoms with Crippen molar-refractivity contribution in [1.82, 2.24) is 15.4 Å². The van der Waals surface area contributed by atoms with Crippen LogP contribution in [0.4, 0.5) is 0 Å². The van der Waals surface area contributed by atoms with E-state index in [1.54, 1.807) is 6.20 Å². The fourth-order valence-corrected chi connectivity index (χ4v) is 1.55. The molecule has 2 unspecified atom stereocenters. The van der Waals surface area contributed by atoms with E-state index in [-0.39, 0.29) is 0 Å². The molecule has 90 valence electrons. The largest absolute Gasteiger partial charge is 0.481 e. The number of aliphatic hydroxyl groups excluding tert-OH is 1. The fraction of sp³-hybridized carbons (Fsp3) is 0.333. The number of para-hydroxylation sites is 1. The summed E-state index contributed by atoms with van der Waals surface area (Å²) >= 11 is 0. The molecule has 1 heterocycles. The van der Waals surface area contributed by atoms with Gasteiger partial charge >= 0.3 is 0 Å². The maximum Gasteiger partial charge on any atom is 0.170 e. The molecule has 0 aliphatic carbocycles. The Morgan fingerprint density at radius 3 is 2.71 bits per heavy atom. The van der Waals surface area contributed by atoms with E-state index < -0.39 is 12.2 Å². The lowest BCUT2D eigenvalue weighted by Crippen LogP contribution is -2.23. The lowest BCUT2D eigenvalue weighted by atomic mass is 10.1. The molecule has 1 aromatic carbocycles. The Labute approximate surface area is 99.4 Å². The molecule has 0 aliphatic heterocycles. The number of ether oxygens (including phenoxy) is 1. The maximum atomic E-state index is 9.94. The Balaban J connectivity index is 2.17. The monoisotopic (exact) mass is 233 g/mol. The number of aromatic amines is 1. The topological polar surface area (TPSA) is 71.0 Å². The summed E-state index contributed by atoms with van der Waals surface area (Å²) in [5.41, 5.74) is 0.600. The average molecular weight is 233 g/mol. The van der Waals surface area contributed by atoms with Crippen molar-refractivity contribution in [2.24, 2.45) is 0 Å². The molecular formula is C12H15N3O2. The quantitative estimate of drug-likeness (QED) is 0.824. The van der Waals surface area contributed by atoms with E-state index in [0.717, 1.165) is 0 Å². The summed E-state index contributed by atoms with van der Waals surface area (Å²) in [4.78, 5) is 0. The number of nitrogens with zero attached hydrogens (tertiary/aromatic N) is 2. The van der Waals surface area contributed by atoms with Gasteiger partial charge in [-0.05, 0) is 18.6 Å². The molecule has 2 rings (SSSR count). The van der Waals surface area contributed by atoms with Gasteiger partial charge in [0, 0.05) is 6.20 Å². The second-order valence-corrected chi connectivity index (χ2v) is 3.73. The second kappa shape index (κ2) is 5.45. The highest BCUT2D eigenvalue weighted by atomic mass is 16.5. The molecule has 0 amide bonds. The summed E-state index contributed by atoms with van der Waals surface area (Å²) < 4.78 is 5.74. The van der Waals surface area contributed by atoms with E-state index in [0.29, 0.717) is 17.9 Å². The van der Waals surface area contributed by atoms with Crippen LogP contribution < -0.4 is 4.74 Å². The standard InChI is InChI=1S/C12H15N3O2/c1-2-11(16)12(10-8-13-15-14-10)17-9-6-4-3-5-7-9/h3-8,11-12,16H,2H2,1H3,(H,13,14,15). The van der Waals surface area contributed by atoms with Gasteiger partial charge in [0.05, 0.1) is 6.10 Å². The van der Waals surface area contributed by atoms with Crippen LogP contribution in [0.2, 0.25) is 0 Å². The number of aromatic nitrogens is 3. The van der Waals surface area contributed by atoms with Gasteiger partial charge in [0.1, 0.15) is 11.4 Å². The van der Waals surface area contributed by atoms with Crippen LogP contribution in [0.3, 0.4) is 0 Å². The summed E-state index contributed by atoms with van der Waals surface area (Å²) in [6.45, 7) is 1.89. The Morgan fingerprint density at radius 2 is 2.12 bits per heavy atom. The van der Waals surface area contributed by atoms with E-state index in [1.165, 1.54) is 0 Å². The lowest BCUT2D eigenvalue weighted by Gasteiger charge is -2.21. The maximum absolute atomic E-state index is 9.94. The smallest absolute Gasteiger partial charge is 0.170 e. The number of aliphatic hydroxyl groups is 1. The fourth-order valence-electron chi connectivity index (χ4n) is 1.55. The first-order valence-electron chi connectivity index (χ1n) is 5.57. The molecule has 0 bridgehead atoms. The molecule has 1 aromatic heterocycles. The molecule has 0 aliphatic rings. The van der Waals surface area contributed by atoms with Gasteiger partial charge in [0.15, 0.2) is 6.10 Å². The van der Waals surface area contributed by atoms with Crippen molar-refractivity contribution in [2.75, 3.05) is 0 Å².